The maximum atomic E-state index is 2.95. The third kappa shape index (κ3) is 4.57. The van der Waals surface area contributed by atoms with Gasteiger partial charge in [0.2, 0.25) is 0 Å². The van der Waals surface area contributed by atoms with Gasteiger partial charge in [0.1, 0.15) is 0 Å². The zero-order valence-corrected chi connectivity index (χ0v) is 39.7. The van der Waals surface area contributed by atoms with Crippen LogP contribution in [-0.4, -0.2) is 15.8 Å². The second-order valence-electron chi connectivity index (χ2n) is 23.6. The maximum absolute atomic E-state index is 2.95. The Labute approximate surface area is 390 Å². The van der Waals surface area contributed by atoms with Crippen molar-refractivity contribution in [2.75, 3.05) is 0 Å². The predicted molar refractivity (Wildman–Crippen MR) is 280 cm³/mol. The molecule has 2 nitrogen and oxygen atoms in total. The molecule has 0 N–H and O–H groups in total. The summed E-state index contributed by atoms with van der Waals surface area (Å²) in [6, 6.07) is 47.0. The van der Waals surface area contributed by atoms with Crippen molar-refractivity contribution in [3.05, 3.63) is 160 Å². The number of rotatable bonds is 2. The lowest BCUT2D eigenvalue weighted by Crippen LogP contribution is -2.61. The van der Waals surface area contributed by atoms with E-state index in [1.54, 1.807) is 22.1 Å². The van der Waals surface area contributed by atoms with Gasteiger partial charge < -0.3 is 9.13 Å². The van der Waals surface area contributed by atoms with Crippen molar-refractivity contribution in [2.24, 2.45) is 0 Å². The number of hydrogen-bond donors (Lipinski definition) is 0. The van der Waals surface area contributed by atoms with Crippen molar-refractivity contribution in [1.82, 2.24) is 9.13 Å². The molecule has 2 saturated carbocycles. The highest BCUT2D eigenvalue weighted by Gasteiger charge is 2.55. The van der Waals surface area contributed by atoms with E-state index in [4.69, 9.17) is 0 Å². The molecular weight excluding hydrogens is 796 g/mol. The predicted octanol–water partition coefficient (Wildman–Crippen LogP) is 14.4. The van der Waals surface area contributed by atoms with E-state index in [0.29, 0.717) is 11.8 Å². The normalized spacial score (nSPS) is 18.1. The summed E-state index contributed by atoms with van der Waals surface area (Å²) in [7, 11) is 0. The lowest BCUT2D eigenvalue weighted by molar-refractivity contribution is 0.413. The first-order valence-electron chi connectivity index (χ1n) is 25.7. The Balaban J connectivity index is 1.21. The monoisotopic (exact) mass is 854 g/mol. The molecular formula is C63H59BN2. The first kappa shape index (κ1) is 38.3. The average Bonchev–Trinajstić information content (AvgIpc) is 3.96. The number of hydrogen-bond acceptors (Lipinski definition) is 0. The third-order valence-corrected chi connectivity index (χ3v) is 18.1. The van der Waals surface area contributed by atoms with Crippen molar-refractivity contribution < 1.29 is 0 Å². The van der Waals surface area contributed by atoms with Gasteiger partial charge in [0.15, 0.2) is 0 Å². The van der Waals surface area contributed by atoms with Crippen molar-refractivity contribution in [3.63, 3.8) is 0 Å². The molecule has 6 aliphatic rings. The van der Waals surface area contributed by atoms with E-state index in [2.05, 4.69) is 166 Å². The molecule has 3 aliphatic carbocycles. The molecule has 0 radical (unpaired) electrons. The van der Waals surface area contributed by atoms with E-state index in [-0.39, 0.29) is 17.5 Å². The fraction of sp³-hybridized carbons (Fsp3) is 0.333. The maximum Gasteiger partial charge on any atom is 0.253 e. The van der Waals surface area contributed by atoms with Crippen LogP contribution < -0.4 is 16.4 Å². The van der Waals surface area contributed by atoms with Gasteiger partial charge in [0, 0.05) is 44.3 Å². The van der Waals surface area contributed by atoms with Gasteiger partial charge in [0.25, 0.3) is 6.71 Å². The Morgan fingerprint density at radius 3 is 1.77 bits per heavy atom. The van der Waals surface area contributed by atoms with Crippen molar-refractivity contribution in [3.8, 4) is 22.5 Å². The van der Waals surface area contributed by atoms with Crippen LogP contribution in [0.4, 0.5) is 0 Å². The van der Waals surface area contributed by atoms with Gasteiger partial charge in [-0.15, -0.1) is 0 Å². The Bertz CT molecular complexity index is 3590. The SMILES string of the molecule is CC(C)(C)c1cc2c3c(c1)c1cc(C(C)(C)C)cc4c1n3-c1c(ccc3c1B2c1c2ccccc2cc2c(C5CCCCC5)c(C5CCCCC5)n-3c12)C41c2ccccc2-c2ccccc21. The van der Waals surface area contributed by atoms with Crippen LogP contribution in [0.25, 0.3) is 66.0 Å². The van der Waals surface area contributed by atoms with E-state index in [0.717, 1.165) is 0 Å². The summed E-state index contributed by atoms with van der Waals surface area (Å²) >= 11 is 0. The lowest BCUT2D eigenvalue weighted by atomic mass is 9.33. The molecule has 2 aromatic heterocycles. The molecule has 0 atom stereocenters. The smallest absolute Gasteiger partial charge is 0.253 e. The molecule has 2 fully saturated rings. The largest absolute Gasteiger partial charge is 0.314 e. The molecule has 3 heteroatoms. The minimum atomic E-state index is -0.485. The fourth-order valence-electron chi connectivity index (χ4n) is 15.3. The summed E-state index contributed by atoms with van der Waals surface area (Å²) < 4.78 is 5.79. The van der Waals surface area contributed by atoms with Crippen LogP contribution in [0.5, 0.6) is 0 Å². The van der Waals surface area contributed by atoms with Crippen LogP contribution in [0.1, 0.15) is 162 Å². The highest BCUT2D eigenvalue weighted by Crippen LogP contribution is 2.62. The van der Waals surface area contributed by atoms with E-state index < -0.39 is 5.41 Å². The molecule has 0 bridgehead atoms. The number of fused-ring (bicyclic) bond motifs is 13. The van der Waals surface area contributed by atoms with Gasteiger partial charge in [0.05, 0.1) is 10.9 Å². The van der Waals surface area contributed by atoms with E-state index >= 15 is 0 Å². The summed E-state index contributed by atoms with van der Waals surface area (Å²) in [5.74, 6) is 1.18. The van der Waals surface area contributed by atoms with Gasteiger partial charge in [-0.2, -0.15) is 0 Å². The van der Waals surface area contributed by atoms with Gasteiger partial charge in [-0.05, 0) is 150 Å². The Morgan fingerprint density at radius 2 is 1.09 bits per heavy atom. The van der Waals surface area contributed by atoms with Crippen molar-refractivity contribution in [2.45, 2.75) is 134 Å². The first-order chi connectivity index (χ1) is 32.0. The minimum Gasteiger partial charge on any atom is -0.314 e. The number of nitrogens with zero attached hydrogens (tertiary/aromatic N) is 2. The summed E-state index contributed by atoms with van der Waals surface area (Å²) in [4.78, 5) is 0. The van der Waals surface area contributed by atoms with E-state index in [9.17, 15) is 0 Å². The zero-order valence-electron chi connectivity index (χ0n) is 39.7. The molecule has 9 aromatic rings. The van der Waals surface area contributed by atoms with Crippen LogP contribution in [0.2, 0.25) is 0 Å². The van der Waals surface area contributed by atoms with Gasteiger partial charge in [-0.25, -0.2) is 0 Å². The van der Waals surface area contributed by atoms with Crippen molar-refractivity contribution in [1.29, 1.82) is 0 Å². The van der Waals surface area contributed by atoms with Crippen LogP contribution in [0.15, 0.2) is 115 Å². The molecule has 5 heterocycles. The molecule has 7 aromatic carbocycles. The van der Waals surface area contributed by atoms with E-state index in [1.165, 1.54) is 169 Å². The van der Waals surface area contributed by atoms with Crippen molar-refractivity contribution >= 4 is 66.6 Å². The van der Waals surface area contributed by atoms with Crippen LogP contribution in [0.3, 0.4) is 0 Å². The van der Waals surface area contributed by atoms with E-state index in [1.807, 2.05) is 0 Å². The lowest BCUT2D eigenvalue weighted by Gasteiger charge is -2.44. The first-order valence-corrected chi connectivity index (χ1v) is 25.7. The molecule has 0 unspecified atom stereocenters. The quantitative estimate of drug-likeness (QED) is 0.153. The average molecular weight is 855 g/mol. The highest BCUT2D eigenvalue weighted by molar-refractivity contribution is 7.01. The highest BCUT2D eigenvalue weighted by atomic mass is 15.1. The van der Waals surface area contributed by atoms with Crippen LogP contribution >= 0.6 is 0 Å². The van der Waals surface area contributed by atoms with Gasteiger partial charge in [-0.1, -0.05) is 171 Å². The molecule has 15 rings (SSSR count). The topological polar surface area (TPSA) is 9.86 Å². The summed E-state index contributed by atoms with van der Waals surface area (Å²) in [6.07, 6.45) is 13.3. The Hall–Kier alpha value is -5.80. The molecule has 66 heavy (non-hydrogen) atoms. The number of aromatic nitrogens is 2. The third-order valence-electron chi connectivity index (χ3n) is 18.1. The molecule has 0 amide bonds. The second-order valence-corrected chi connectivity index (χ2v) is 23.6. The van der Waals surface area contributed by atoms with Gasteiger partial charge in [-0.3, -0.25) is 0 Å². The second kappa shape index (κ2) is 12.8. The molecule has 3 aliphatic heterocycles. The Kier molecular flexibility index (Phi) is 7.43. The van der Waals surface area contributed by atoms with Crippen LogP contribution in [0, 0.1) is 0 Å². The molecule has 324 valence electrons. The molecule has 1 spiro atoms. The fourth-order valence-corrected chi connectivity index (χ4v) is 15.3. The standard InChI is InChI=1S/C63H59BN2/c1-61(2,3)39-32-44-45-33-40(62(4,5)6)35-51-58(45)66-57(44)50(34-39)63(47-27-17-15-25-42(47)43-26-16-18-28-48(43)63)49-29-30-52-55(60(49)66)64(51)54-41-24-14-13-23-38(41)31-46-53(36-19-9-7-10-20-36)56(65(52)59(46)54)37-21-11-8-12-22-37/h13-18,23-37H,7-12,19-22H2,1-6H3. The summed E-state index contributed by atoms with van der Waals surface area (Å²) in [6.45, 7) is 14.6. The summed E-state index contributed by atoms with van der Waals surface area (Å²) in [5, 5.41) is 7.22. The molecule has 0 saturated heterocycles. The van der Waals surface area contributed by atoms with Gasteiger partial charge >= 0.3 is 0 Å². The minimum absolute atomic E-state index is 0.0372. The van der Waals surface area contributed by atoms with Crippen LogP contribution in [-0.2, 0) is 16.2 Å². The Morgan fingerprint density at radius 1 is 0.485 bits per heavy atom. The summed E-state index contributed by atoms with van der Waals surface area (Å²) in [5.41, 5.74) is 26.0. The number of benzene rings is 7. The zero-order chi connectivity index (χ0) is 44.2.